The Balaban J connectivity index is 1.58. The van der Waals surface area contributed by atoms with E-state index < -0.39 is 5.91 Å². The molecule has 6 heteroatoms. The lowest BCUT2D eigenvalue weighted by atomic mass is 10.1. The fraction of sp³-hybridized carbons (Fsp3) is 0.0476. The Kier molecular flexibility index (Phi) is 4.64. The van der Waals surface area contributed by atoms with Crippen molar-refractivity contribution in [1.82, 2.24) is 5.43 Å². The van der Waals surface area contributed by atoms with Gasteiger partial charge in [-0.3, -0.25) is 4.79 Å². The van der Waals surface area contributed by atoms with E-state index in [0.717, 1.165) is 26.2 Å². The highest BCUT2D eigenvalue weighted by Crippen LogP contribution is 2.28. The predicted octanol–water partition coefficient (Wildman–Crippen LogP) is 5.12. The van der Waals surface area contributed by atoms with Gasteiger partial charge in [0.25, 0.3) is 0 Å². The predicted molar refractivity (Wildman–Crippen MR) is 109 cm³/mol. The van der Waals surface area contributed by atoms with Crippen molar-refractivity contribution < 1.29 is 13.9 Å². The van der Waals surface area contributed by atoms with Gasteiger partial charge in [-0.05, 0) is 41.1 Å². The van der Waals surface area contributed by atoms with E-state index in [4.69, 9.17) is 9.15 Å². The number of rotatable bonds is 4. The van der Waals surface area contributed by atoms with Gasteiger partial charge < -0.3 is 9.15 Å². The maximum Gasteiger partial charge on any atom is 0.307 e. The number of carbonyl (C=O) groups excluding carboxylic acids is 1. The average Bonchev–Trinajstić information content (AvgIpc) is 3.13. The summed E-state index contributed by atoms with van der Waals surface area (Å²) in [6, 6.07) is 19.1. The number of fused-ring (bicyclic) bond motifs is 3. The zero-order chi connectivity index (χ0) is 18.8. The van der Waals surface area contributed by atoms with Crippen molar-refractivity contribution in [3.05, 3.63) is 76.5 Å². The van der Waals surface area contributed by atoms with E-state index in [1.165, 1.54) is 6.21 Å². The molecule has 0 bridgehead atoms. The Hall–Kier alpha value is -3.12. The molecule has 0 saturated heterocycles. The van der Waals surface area contributed by atoms with Gasteiger partial charge >= 0.3 is 5.91 Å². The minimum Gasteiger partial charge on any atom is -0.496 e. The topological polar surface area (TPSA) is 63.8 Å². The maximum atomic E-state index is 12.4. The second kappa shape index (κ2) is 7.25. The number of nitrogens with one attached hydrogen (secondary N) is 1. The van der Waals surface area contributed by atoms with Gasteiger partial charge in [0.2, 0.25) is 0 Å². The van der Waals surface area contributed by atoms with E-state index in [2.05, 4.69) is 26.5 Å². The summed E-state index contributed by atoms with van der Waals surface area (Å²) in [5, 5.41) is 7.05. The summed E-state index contributed by atoms with van der Waals surface area (Å²) >= 11 is 3.40. The molecule has 0 aliphatic carbocycles. The first-order valence-electron chi connectivity index (χ1n) is 8.24. The van der Waals surface area contributed by atoms with Gasteiger partial charge in [-0.25, -0.2) is 5.43 Å². The van der Waals surface area contributed by atoms with Crippen LogP contribution in [0.3, 0.4) is 0 Å². The number of ether oxygens (including phenoxy) is 1. The van der Waals surface area contributed by atoms with E-state index >= 15 is 0 Å². The highest BCUT2D eigenvalue weighted by molar-refractivity contribution is 9.10. The zero-order valence-corrected chi connectivity index (χ0v) is 16.0. The van der Waals surface area contributed by atoms with Crippen LogP contribution in [0, 0.1) is 0 Å². The Bertz CT molecular complexity index is 1180. The van der Waals surface area contributed by atoms with Crippen molar-refractivity contribution in [1.29, 1.82) is 0 Å². The van der Waals surface area contributed by atoms with Crippen molar-refractivity contribution in [3.63, 3.8) is 0 Å². The molecule has 0 aliphatic rings. The SMILES string of the molecule is COc1ccc(Br)cc1/C=N/NC(=O)c1cc2c(ccc3ccccc32)o1. The Morgan fingerprint density at radius 3 is 2.81 bits per heavy atom. The standard InChI is InChI=1S/C21H15BrN2O3/c1-26-18-9-7-15(22)10-14(18)12-23-24-21(25)20-11-17-16-5-3-2-4-13(16)6-8-19(17)27-20/h2-12H,1H3,(H,24,25)/b23-12+. The van der Waals surface area contributed by atoms with Crippen LogP contribution in [0.1, 0.15) is 16.1 Å². The molecule has 134 valence electrons. The molecule has 4 aromatic rings. The molecule has 0 atom stereocenters. The number of hydrogen-bond donors (Lipinski definition) is 1. The van der Waals surface area contributed by atoms with Crippen LogP contribution in [0.15, 0.2) is 74.7 Å². The number of methoxy groups -OCH3 is 1. The summed E-state index contributed by atoms with van der Waals surface area (Å²) in [6.07, 6.45) is 1.53. The third kappa shape index (κ3) is 3.44. The molecule has 4 rings (SSSR count). The number of amides is 1. The molecule has 5 nitrogen and oxygen atoms in total. The summed E-state index contributed by atoms with van der Waals surface area (Å²) in [6.45, 7) is 0. The highest BCUT2D eigenvalue weighted by atomic mass is 79.9. The molecule has 0 aliphatic heterocycles. The summed E-state index contributed by atoms with van der Waals surface area (Å²) in [5.41, 5.74) is 3.90. The molecule has 0 saturated carbocycles. The van der Waals surface area contributed by atoms with Crippen LogP contribution in [0.2, 0.25) is 0 Å². The van der Waals surface area contributed by atoms with Crippen molar-refractivity contribution in [3.8, 4) is 5.75 Å². The first-order chi connectivity index (χ1) is 13.2. The molecule has 1 N–H and O–H groups in total. The number of hydrazone groups is 1. The summed E-state index contributed by atoms with van der Waals surface area (Å²) in [4.78, 5) is 12.4. The van der Waals surface area contributed by atoms with E-state index in [9.17, 15) is 4.79 Å². The van der Waals surface area contributed by atoms with Crippen LogP contribution >= 0.6 is 15.9 Å². The first-order valence-corrected chi connectivity index (χ1v) is 9.03. The molecule has 0 unspecified atom stereocenters. The molecular weight excluding hydrogens is 408 g/mol. The molecule has 1 aromatic heterocycles. The molecule has 0 radical (unpaired) electrons. The van der Waals surface area contributed by atoms with E-state index in [1.807, 2.05) is 54.6 Å². The Morgan fingerprint density at radius 1 is 1.11 bits per heavy atom. The average molecular weight is 423 g/mol. The normalized spacial score (nSPS) is 11.3. The van der Waals surface area contributed by atoms with Gasteiger partial charge in [0.1, 0.15) is 11.3 Å². The molecular formula is C21H15BrN2O3. The van der Waals surface area contributed by atoms with Crippen LogP contribution < -0.4 is 10.2 Å². The fourth-order valence-electron chi connectivity index (χ4n) is 2.93. The largest absolute Gasteiger partial charge is 0.496 e. The van der Waals surface area contributed by atoms with Crippen LogP contribution in [0.5, 0.6) is 5.75 Å². The number of halogens is 1. The van der Waals surface area contributed by atoms with Gasteiger partial charge in [0, 0.05) is 15.4 Å². The third-order valence-electron chi connectivity index (χ3n) is 4.21. The monoisotopic (exact) mass is 422 g/mol. The van der Waals surface area contributed by atoms with Crippen molar-refractivity contribution in [2.75, 3.05) is 7.11 Å². The first kappa shape index (κ1) is 17.3. The van der Waals surface area contributed by atoms with Crippen LogP contribution in [-0.4, -0.2) is 19.2 Å². The second-order valence-corrected chi connectivity index (χ2v) is 6.81. The number of hydrogen-bond acceptors (Lipinski definition) is 4. The molecule has 0 spiro atoms. The van der Waals surface area contributed by atoms with Gasteiger partial charge in [0.15, 0.2) is 5.76 Å². The smallest absolute Gasteiger partial charge is 0.307 e. The fourth-order valence-corrected chi connectivity index (χ4v) is 3.30. The lowest BCUT2D eigenvalue weighted by molar-refractivity contribution is 0.0929. The number of furan rings is 1. The van der Waals surface area contributed by atoms with Crippen LogP contribution in [-0.2, 0) is 0 Å². The van der Waals surface area contributed by atoms with Gasteiger partial charge in [-0.2, -0.15) is 5.10 Å². The minimum absolute atomic E-state index is 0.208. The van der Waals surface area contributed by atoms with Gasteiger partial charge in [-0.15, -0.1) is 0 Å². The lowest BCUT2D eigenvalue weighted by Gasteiger charge is -2.04. The molecule has 1 amide bonds. The number of nitrogens with zero attached hydrogens (tertiary/aromatic N) is 1. The van der Waals surface area contributed by atoms with Gasteiger partial charge in [-0.1, -0.05) is 46.3 Å². The van der Waals surface area contributed by atoms with E-state index in [0.29, 0.717) is 11.3 Å². The Morgan fingerprint density at radius 2 is 1.96 bits per heavy atom. The zero-order valence-electron chi connectivity index (χ0n) is 14.4. The third-order valence-corrected chi connectivity index (χ3v) is 4.70. The van der Waals surface area contributed by atoms with Crippen molar-refractivity contribution in [2.24, 2.45) is 5.10 Å². The molecule has 27 heavy (non-hydrogen) atoms. The van der Waals surface area contributed by atoms with E-state index in [-0.39, 0.29) is 5.76 Å². The van der Waals surface area contributed by atoms with Crippen molar-refractivity contribution in [2.45, 2.75) is 0 Å². The lowest BCUT2D eigenvalue weighted by Crippen LogP contribution is -2.16. The second-order valence-electron chi connectivity index (χ2n) is 5.89. The van der Waals surface area contributed by atoms with E-state index in [1.54, 1.807) is 13.2 Å². The molecule has 3 aromatic carbocycles. The quantitative estimate of drug-likeness (QED) is 0.366. The maximum absolute atomic E-state index is 12.4. The Labute approximate surface area is 163 Å². The minimum atomic E-state index is -0.416. The summed E-state index contributed by atoms with van der Waals surface area (Å²) in [7, 11) is 1.58. The van der Waals surface area contributed by atoms with Crippen LogP contribution in [0.4, 0.5) is 0 Å². The summed E-state index contributed by atoms with van der Waals surface area (Å²) in [5.74, 6) is 0.451. The number of benzene rings is 3. The van der Waals surface area contributed by atoms with Gasteiger partial charge in [0.05, 0.1) is 13.3 Å². The molecule has 0 fully saturated rings. The number of carbonyl (C=O) groups is 1. The van der Waals surface area contributed by atoms with Crippen molar-refractivity contribution >= 4 is 49.8 Å². The summed E-state index contributed by atoms with van der Waals surface area (Å²) < 4.78 is 11.9. The highest BCUT2D eigenvalue weighted by Gasteiger charge is 2.13. The van der Waals surface area contributed by atoms with Crippen LogP contribution in [0.25, 0.3) is 21.7 Å². The molecule has 1 heterocycles.